The van der Waals surface area contributed by atoms with Crippen molar-refractivity contribution in [3.05, 3.63) is 63.7 Å². The molecule has 11 heteroatoms. The zero-order valence-corrected chi connectivity index (χ0v) is 25.5. The number of carbonyl (C=O) groups is 3. The first kappa shape index (κ1) is 29.1. The lowest BCUT2D eigenvalue weighted by Gasteiger charge is -2.44. The molecule has 2 atom stereocenters. The first-order valence-corrected chi connectivity index (χ1v) is 14.3. The van der Waals surface area contributed by atoms with Gasteiger partial charge in [0, 0.05) is 23.9 Å². The molecular formula is C33H33N3O8. The van der Waals surface area contributed by atoms with Gasteiger partial charge in [0.15, 0.2) is 17.3 Å². The van der Waals surface area contributed by atoms with E-state index in [0.717, 1.165) is 5.56 Å². The van der Waals surface area contributed by atoms with E-state index in [1.165, 1.54) is 33.5 Å². The Morgan fingerprint density at radius 2 is 1.75 bits per heavy atom. The number of nitrogens with zero attached hydrogens (tertiary/aromatic N) is 2. The van der Waals surface area contributed by atoms with Crippen LogP contribution in [-0.4, -0.2) is 44.5 Å². The molecule has 0 radical (unpaired) electrons. The number of fused-ring (bicyclic) bond motifs is 2. The molecule has 2 aromatic carbocycles. The Kier molecular flexibility index (Phi) is 6.65. The highest BCUT2D eigenvalue weighted by Gasteiger charge is 2.65. The first-order valence-electron chi connectivity index (χ1n) is 14.3. The first-order chi connectivity index (χ1) is 20.9. The number of anilines is 1. The smallest absolute Gasteiger partial charge is 0.343 e. The molecule has 2 N–H and O–H groups in total. The van der Waals surface area contributed by atoms with E-state index in [1.54, 1.807) is 17.0 Å². The summed E-state index contributed by atoms with van der Waals surface area (Å²) in [4.78, 5) is 43.8. The topological polar surface area (TPSA) is 150 Å². The Morgan fingerprint density at radius 3 is 2.36 bits per heavy atom. The lowest BCUT2D eigenvalue weighted by atomic mass is 9.65. The van der Waals surface area contributed by atoms with E-state index in [2.05, 4.69) is 6.07 Å². The predicted molar refractivity (Wildman–Crippen MR) is 158 cm³/mol. The molecule has 6 rings (SSSR count). The maximum atomic E-state index is 14.8. The third-order valence-corrected chi connectivity index (χ3v) is 9.02. The third kappa shape index (κ3) is 3.83. The van der Waals surface area contributed by atoms with Crippen LogP contribution in [0, 0.1) is 11.3 Å². The molecule has 0 bridgehead atoms. The van der Waals surface area contributed by atoms with Gasteiger partial charge in [0.2, 0.25) is 17.5 Å². The molecule has 44 heavy (non-hydrogen) atoms. The summed E-state index contributed by atoms with van der Waals surface area (Å²) >= 11 is 0. The van der Waals surface area contributed by atoms with Crippen LogP contribution >= 0.6 is 0 Å². The quantitative estimate of drug-likeness (QED) is 0.383. The maximum Gasteiger partial charge on any atom is 0.343 e. The van der Waals surface area contributed by atoms with Crippen LogP contribution < -0.4 is 29.6 Å². The molecule has 4 aliphatic rings. The molecule has 0 saturated carbocycles. The molecule has 2 aromatic rings. The van der Waals surface area contributed by atoms with Crippen LogP contribution in [0.25, 0.3) is 0 Å². The van der Waals surface area contributed by atoms with E-state index < -0.39 is 22.8 Å². The lowest BCUT2D eigenvalue weighted by molar-refractivity contribution is -0.125. The number of nitriles is 1. The molecule has 2 unspecified atom stereocenters. The van der Waals surface area contributed by atoms with Gasteiger partial charge < -0.3 is 34.3 Å². The summed E-state index contributed by atoms with van der Waals surface area (Å²) in [6.07, 6.45) is 1.72. The van der Waals surface area contributed by atoms with Crippen molar-refractivity contribution >= 4 is 23.3 Å². The van der Waals surface area contributed by atoms with Crippen molar-refractivity contribution in [2.45, 2.75) is 63.3 Å². The van der Waals surface area contributed by atoms with Crippen molar-refractivity contribution in [3.8, 4) is 29.1 Å². The van der Waals surface area contributed by atoms with E-state index in [1.807, 2.05) is 20.8 Å². The molecule has 0 aromatic heterocycles. The minimum absolute atomic E-state index is 0.0556. The fraction of sp³-hybridized carbons (Fsp3) is 0.394. The van der Waals surface area contributed by atoms with Crippen LogP contribution in [-0.2, 0) is 19.7 Å². The monoisotopic (exact) mass is 599 g/mol. The second kappa shape index (κ2) is 10.0. The van der Waals surface area contributed by atoms with Crippen molar-refractivity contribution in [1.29, 1.82) is 5.26 Å². The summed E-state index contributed by atoms with van der Waals surface area (Å²) in [6, 6.07) is 8.38. The van der Waals surface area contributed by atoms with Crippen LogP contribution in [0.5, 0.6) is 23.0 Å². The van der Waals surface area contributed by atoms with E-state index in [4.69, 9.17) is 29.4 Å². The Labute approximate surface area is 254 Å². The number of ketones is 1. The van der Waals surface area contributed by atoms with Gasteiger partial charge in [-0.25, -0.2) is 4.79 Å². The highest BCUT2D eigenvalue weighted by Crippen LogP contribution is 2.61. The van der Waals surface area contributed by atoms with Crippen molar-refractivity contribution in [1.82, 2.24) is 0 Å². The molecule has 3 aliphatic heterocycles. The highest BCUT2D eigenvalue weighted by atomic mass is 16.5. The highest BCUT2D eigenvalue weighted by molar-refractivity contribution is 6.21. The average molecular weight is 600 g/mol. The van der Waals surface area contributed by atoms with Crippen LogP contribution in [0.1, 0.15) is 73.9 Å². The zero-order valence-electron chi connectivity index (χ0n) is 25.5. The summed E-state index contributed by atoms with van der Waals surface area (Å²) in [5.74, 6) is -0.397. The summed E-state index contributed by atoms with van der Waals surface area (Å²) in [5, 5.41) is 10.4. The minimum atomic E-state index is -1.83. The molecule has 11 nitrogen and oxygen atoms in total. The van der Waals surface area contributed by atoms with Gasteiger partial charge in [0.25, 0.3) is 0 Å². The molecular weight excluding hydrogens is 566 g/mol. The summed E-state index contributed by atoms with van der Waals surface area (Å²) < 4.78 is 27.9. The van der Waals surface area contributed by atoms with Crippen LogP contribution in [0.3, 0.4) is 0 Å². The number of hydrogen-bond donors (Lipinski definition) is 1. The fourth-order valence-electron chi connectivity index (χ4n) is 7.33. The van der Waals surface area contributed by atoms with Gasteiger partial charge in [0.05, 0.1) is 38.2 Å². The molecule has 1 amide bonds. The van der Waals surface area contributed by atoms with Gasteiger partial charge in [-0.2, -0.15) is 5.26 Å². The molecule has 0 saturated heterocycles. The van der Waals surface area contributed by atoms with Crippen molar-refractivity contribution in [2.75, 3.05) is 26.2 Å². The van der Waals surface area contributed by atoms with Crippen molar-refractivity contribution in [2.24, 2.45) is 5.73 Å². The molecule has 1 spiro atoms. The standard InChI is InChI=1S/C33H33N3O8/c1-16-14-32(2,3)36-27-19(16)12-18(43-30(38)17-10-24(40-4)28(42-6)25(11-17)41-5)13-20(27)33(31(36)39)21(15-34)29(35)44-23-9-7-8-22(37)26(23)33/h10-13,16H,7-9,14,35H2,1-6H3. The minimum Gasteiger partial charge on any atom is -0.493 e. The fourth-order valence-corrected chi connectivity index (χ4v) is 7.33. The number of rotatable bonds is 5. The van der Waals surface area contributed by atoms with Gasteiger partial charge in [-0.15, -0.1) is 0 Å². The third-order valence-electron chi connectivity index (χ3n) is 9.02. The second-order valence-electron chi connectivity index (χ2n) is 12.0. The molecule has 228 valence electrons. The van der Waals surface area contributed by atoms with Gasteiger partial charge >= 0.3 is 5.97 Å². The normalized spacial score (nSPS) is 23.1. The Hall–Kier alpha value is -4.98. The SMILES string of the molecule is COc1cc(C(=O)Oc2cc3c4c(c2)C2(C(=O)N4C(C)(C)CC3C)C(C#N)=C(N)OC3=C2C(=O)CCC3)cc(OC)c1OC. The van der Waals surface area contributed by atoms with Gasteiger partial charge in [-0.05, 0) is 62.4 Å². The molecule has 0 fully saturated rings. The lowest BCUT2D eigenvalue weighted by Crippen LogP contribution is -2.55. The number of ether oxygens (including phenoxy) is 5. The van der Waals surface area contributed by atoms with Crippen LogP contribution in [0.15, 0.2) is 47.1 Å². The summed E-state index contributed by atoms with van der Waals surface area (Å²) in [7, 11) is 4.35. The Balaban J connectivity index is 1.58. The predicted octanol–water partition coefficient (Wildman–Crippen LogP) is 4.53. The van der Waals surface area contributed by atoms with Gasteiger partial charge in [0.1, 0.15) is 28.6 Å². The summed E-state index contributed by atoms with van der Waals surface area (Å²) in [6.45, 7) is 5.95. The van der Waals surface area contributed by atoms with E-state index >= 15 is 0 Å². The number of esters is 1. The number of Topliss-reactive ketones (excluding diaryl/α,β-unsaturated/α-hetero) is 1. The number of hydrogen-bond acceptors (Lipinski definition) is 10. The molecule has 3 heterocycles. The Morgan fingerprint density at radius 1 is 1.07 bits per heavy atom. The van der Waals surface area contributed by atoms with Gasteiger partial charge in [-0.3, -0.25) is 9.59 Å². The summed E-state index contributed by atoms with van der Waals surface area (Å²) in [5.41, 5.74) is 5.69. The maximum absolute atomic E-state index is 14.8. The number of nitrogens with two attached hydrogens (primary N) is 1. The zero-order chi connectivity index (χ0) is 31.7. The average Bonchev–Trinajstić information content (AvgIpc) is 3.24. The van der Waals surface area contributed by atoms with E-state index in [9.17, 15) is 19.6 Å². The van der Waals surface area contributed by atoms with Crippen LogP contribution in [0.4, 0.5) is 5.69 Å². The van der Waals surface area contributed by atoms with E-state index in [-0.39, 0.29) is 58.0 Å². The van der Waals surface area contributed by atoms with Crippen molar-refractivity contribution < 1.29 is 38.1 Å². The van der Waals surface area contributed by atoms with Crippen LogP contribution in [0.2, 0.25) is 0 Å². The number of allylic oxidation sites excluding steroid dienone is 1. The number of carbonyl (C=O) groups excluding carboxylic acids is 3. The second-order valence-corrected chi connectivity index (χ2v) is 12.0. The number of benzene rings is 2. The van der Waals surface area contributed by atoms with Gasteiger partial charge in [-0.1, -0.05) is 6.92 Å². The number of amides is 1. The van der Waals surface area contributed by atoms with Crippen molar-refractivity contribution in [3.63, 3.8) is 0 Å². The van der Waals surface area contributed by atoms with E-state index in [0.29, 0.717) is 42.0 Å². The largest absolute Gasteiger partial charge is 0.493 e. The molecule has 1 aliphatic carbocycles. The number of methoxy groups -OCH3 is 3. The Bertz CT molecular complexity index is 1740.